The van der Waals surface area contributed by atoms with E-state index in [9.17, 15) is 18.0 Å². The first-order valence-electron chi connectivity index (χ1n) is 9.44. The summed E-state index contributed by atoms with van der Waals surface area (Å²) in [5.41, 5.74) is 7.82. The van der Waals surface area contributed by atoms with Gasteiger partial charge in [0, 0.05) is 36.4 Å². The summed E-state index contributed by atoms with van der Waals surface area (Å²) in [4.78, 5) is 22.2. The number of fused-ring (bicyclic) bond motifs is 1. The van der Waals surface area contributed by atoms with Crippen molar-refractivity contribution in [3.8, 4) is 0 Å². The summed E-state index contributed by atoms with van der Waals surface area (Å²) in [6, 6.07) is -0.0598. The predicted molar refractivity (Wildman–Crippen MR) is 96.6 cm³/mol. The van der Waals surface area contributed by atoms with E-state index in [-0.39, 0.29) is 30.2 Å². The number of aromatic nitrogens is 4. The van der Waals surface area contributed by atoms with Crippen LogP contribution in [-0.4, -0.2) is 49.0 Å². The zero-order valence-electron chi connectivity index (χ0n) is 16.3. The summed E-state index contributed by atoms with van der Waals surface area (Å²) >= 11 is 0. The molecule has 1 fully saturated rings. The van der Waals surface area contributed by atoms with Gasteiger partial charge in [0.25, 0.3) is 11.6 Å². The molecule has 2 aromatic rings. The third-order valence-electron chi connectivity index (χ3n) is 5.37. The summed E-state index contributed by atoms with van der Waals surface area (Å²) < 4.78 is 39.8. The molecule has 1 saturated heterocycles. The molecule has 28 heavy (non-hydrogen) atoms. The summed E-state index contributed by atoms with van der Waals surface area (Å²) in [6.45, 7) is 5.98. The highest BCUT2D eigenvalue weighted by Gasteiger charge is 2.37. The van der Waals surface area contributed by atoms with E-state index in [1.807, 2.05) is 11.8 Å². The van der Waals surface area contributed by atoms with Crippen molar-refractivity contribution in [1.82, 2.24) is 24.5 Å². The number of halogens is 3. The average Bonchev–Trinajstić information content (AvgIpc) is 3.05. The summed E-state index contributed by atoms with van der Waals surface area (Å²) in [5.74, 6) is -1.30. The topological polar surface area (TPSA) is 89.4 Å². The van der Waals surface area contributed by atoms with Crippen molar-refractivity contribution >= 4 is 11.7 Å². The molecule has 154 valence electrons. The van der Waals surface area contributed by atoms with Crippen LogP contribution in [0.2, 0.25) is 0 Å². The number of amides is 1. The molecular formula is C18H25F3N6O. The minimum atomic E-state index is -4.63. The van der Waals surface area contributed by atoms with Gasteiger partial charge < -0.3 is 10.6 Å². The zero-order chi connectivity index (χ0) is 20.6. The second-order valence-corrected chi connectivity index (χ2v) is 7.42. The Morgan fingerprint density at radius 2 is 2.00 bits per heavy atom. The molecule has 1 amide bonds. The van der Waals surface area contributed by atoms with Crippen LogP contribution < -0.4 is 5.73 Å². The number of carbonyl (C=O) groups is 1. The monoisotopic (exact) mass is 398 g/mol. The van der Waals surface area contributed by atoms with E-state index in [0.717, 1.165) is 23.8 Å². The first kappa shape index (κ1) is 20.5. The molecule has 7 nitrogen and oxygen atoms in total. The Hall–Kier alpha value is -2.23. The van der Waals surface area contributed by atoms with Crippen LogP contribution in [0.25, 0.3) is 5.78 Å². The van der Waals surface area contributed by atoms with Gasteiger partial charge in [-0.3, -0.25) is 4.79 Å². The Labute approximate surface area is 161 Å². The molecule has 0 bridgehead atoms. The second kappa shape index (κ2) is 7.65. The van der Waals surface area contributed by atoms with Crippen LogP contribution in [0.1, 0.15) is 55.4 Å². The number of hydrogen-bond donors (Lipinski definition) is 1. The lowest BCUT2D eigenvalue weighted by molar-refractivity contribution is -0.144. The second-order valence-electron chi connectivity index (χ2n) is 7.42. The smallest absolute Gasteiger partial charge is 0.338 e. The van der Waals surface area contributed by atoms with Crippen LogP contribution in [0.4, 0.5) is 13.2 Å². The van der Waals surface area contributed by atoms with Crippen LogP contribution in [0.3, 0.4) is 0 Å². The highest BCUT2D eigenvalue weighted by molar-refractivity contribution is 5.77. The van der Waals surface area contributed by atoms with Gasteiger partial charge in [-0.2, -0.15) is 18.2 Å². The maximum atomic E-state index is 12.9. The van der Waals surface area contributed by atoms with Crippen molar-refractivity contribution in [2.75, 3.05) is 6.54 Å². The quantitative estimate of drug-likeness (QED) is 0.854. The maximum absolute atomic E-state index is 12.9. The molecule has 2 N–H and O–H groups in total. The van der Waals surface area contributed by atoms with Gasteiger partial charge in [0.05, 0.1) is 0 Å². The standard InChI is InChI=1S/C18H25F3N6O/c1-10(22)14-6-4-5-9-26(14)15(28)8-7-13-11(2)23-17-24-16(18(19,20)21)25-27(17)12(13)3/h10,14H,4-9,22H2,1-3H3. The lowest BCUT2D eigenvalue weighted by Gasteiger charge is -2.38. The predicted octanol–water partition coefficient (Wildman–Crippen LogP) is 2.42. The Kier molecular flexibility index (Phi) is 5.60. The van der Waals surface area contributed by atoms with Gasteiger partial charge in [-0.05, 0) is 52.0 Å². The van der Waals surface area contributed by atoms with Crippen LogP contribution in [-0.2, 0) is 17.4 Å². The third kappa shape index (κ3) is 3.96. The van der Waals surface area contributed by atoms with E-state index in [4.69, 9.17) is 5.73 Å². The molecule has 0 saturated carbocycles. The average molecular weight is 398 g/mol. The normalized spacial score (nSPS) is 19.2. The van der Waals surface area contributed by atoms with E-state index >= 15 is 0 Å². The minimum absolute atomic E-state index is 0.00969. The molecule has 0 radical (unpaired) electrons. The fraction of sp³-hybridized carbons (Fsp3) is 0.667. The van der Waals surface area contributed by atoms with Crippen molar-refractivity contribution in [1.29, 1.82) is 0 Å². The maximum Gasteiger partial charge on any atom is 0.453 e. The van der Waals surface area contributed by atoms with Crippen molar-refractivity contribution in [3.05, 3.63) is 22.8 Å². The first-order valence-corrected chi connectivity index (χ1v) is 9.44. The molecule has 2 atom stereocenters. The molecular weight excluding hydrogens is 373 g/mol. The molecule has 0 spiro atoms. The molecule has 3 heterocycles. The minimum Gasteiger partial charge on any atom is -0.338 e. The highest BCUT2D eigenvalue weighted by Crippen LogP contribution is 2.27. The van der Waals surface area contributed by atoms with Crippen LogP contribution in [0.15, 0.2) is 0 Å². The van der Waals surface area contributed by atoms with Crippen molar-refractivity contribution in [3.63, 3.8) is 0 Å². The molecule has 2 aromatic heterocycles. The molecule has 10 heteroatoms. The third-order valence-corrected chi connectivity index (χ3v) is 5.37. The first-order chi connectivity index (χ1) is 13.1. The number of piperidine rings is 1. The Morgan fingerprint density at radius 1 is 1.29 bits per heavy atom. The zero-order valence-corrected chi connectivity index (χ0v) is 16.3. The number of hydrogen-bond acceptors (Lipinski definition) is 5. The van der Waals surface area contributed by atoms with E-state index in [1.165, 1.54) is 0 Å². The van der Waals surface area contributed by atoms with E-state index in [1.54, 1.807) is 13.8 Å². The number of nitrogens with zero attached hydrogens (tertiary/aromatic N) is 5. The SMILES string of the molecule is Cc1nc2nc(C(F)(F)F)nn2c(C)c1CCC(=O)N1CCCCC1C(C)N. The van der Waals surface area contributed by atoms with Crippen LogP contribution >= 0.6 is 0 Å². The summed E-state index contributed by atoms with van der Waals surface area (Å²) in [5, 5.41) is 3.54. The Morgan fingerprint density at radius 3 is 2.64 bits per heavy atom. The lowest BCUT2D eigenvalue weighted by Crippen LogP contribution is -2.51. The number of alkyl halides is 3. The van der Waals surface area contributed by atoms with E-state index in [0.29, 0.717) is 29.9 Å². The molecule has 1 aliphatic heterocycles. The number of nitrogens with two attached hydrogens (primary N) is 1. The molecule has 1 aliphatic rings. The molecule has 0 aromatic carbocycles. The van der Waals surface area contributed by atoms with Gasteiger partial charge >= 0.3 is 6.18 Å². The number of carbonyl (C=O) groups excluding carboxylic acids is 1. The number of rotatable bonds is 4. The van der Waals surface area contributed by atoms with Crippen molar-refractivity contribution in [2.45, 2.75) is 71.1 Å². The van der Waals surface area contributed by atoms with Crippen LogP contribution in [0, 0.1) is 13.8 Å². The van der Waals surface area contributed by atoms with E-state index in [2.05, 4.69) is 15.1 Å². The van der Waals surface area contributed by atoms with Gasteiger partial charge in [-0.15, -0.1) is 5.10 Å². The van der Waals surface area contributed by atoms with Gasteiger partial charge in [0.1, 0.15) is 0 Å². The van der Waals surface area contributed by atoms with Gasteiger partial charge in [0.2, 0.25) is 5.91 Å². The van der Waals surface area contributed by atoms with Crippen molar-refractivity contribution in [2.24, 2.45) is 5.73 Å². The Balaban J connectivity index is 1.81. The number of likely N-dealkylation sites (tertiary alicyclic amines) is 1. The lowest BCUT2D eigenvalue weighted by atomic mass is 9.96. The molecule has 0 aliphatic carbocycles. The van der Waals surface area contributed by atoms with Gasteiger partial charge in [-0.1, -0.05) is 0 Å². The molecule has 3 rings (SSSR count). The largest absolute Gasteiger partial charge is 0.453 e. The molecule has 2 unspecified atom stereocenters. The van der Waals surface area contributed by atoms with E-state index < -0.39 is 12.0 Å². The Bertz CT molecular complexity index is 876. The summed E-state index contributed by atoms with van der Waals surface area (Å²) in [7, 11) is 0. The number of aryl methyl sites for hydroxylation is 2. The highest BCUT2D eigenvalue weighted by atomic mass is 19.4. The van der Waals surface area contributed by atoms with Crippen LogP contribution in [0.5, 0.6) is 0 Å². The van der Waals surface area contributed by atoms with Crippen molar-refractivity contribution < 1.29 is 18.0 Å². The fourth-order valence-corrected chi connectivity index (χ4v) is 3.88. The summed E-state index contributed by atoms with van der Waals surface area (Å²) in [6.07, 6.45) is -1.09. The van der Waals surface area contributed by atoms with Gasteiger partial charge in [-0.25, -0.2) is 9.50 Å². The fourth-order valence-electron chi connectivity index (χ4n) is 3.88. The van der Waals surface area contributed by atoms with Gasteiger partial charge in [0.15, 0.2) is 0 Å².